The van der Waals surface area contributed by atoms with Crippen LogP contribution in [0.25, 0.3) is 5.69 Å². The van der Waals surface area contributed by atoms with Crippen LogP contribution in [-0.4, -0.2) is 31.8 Å². The number of rotatable bonds is 4. The van der Waals surface area contributed by atoms with Crippen molar-refractivity contribution in [3.05, 3.63) is 60.6 Å². The van der Waals surface area contributed by atoms with Gasteiger partial charge in [0.15, 0.2) is 16.7 Å². The molecule has 0 aliphatic heterocycles. The first kappa shape index (κ1) is 15.1. The van der Waals surface area contributed by atoms with Crippen molar-refractivity contribution in [2.45, 2.75) is 5.16 Å². The minimum atomic E-state index is -0.341. The molecule has 116 valence electrons. The van der Waals surface area contributed by atoms with Crippen LogP contribution in [0.5, 0.6) is 5.75 Å². The van der Waals surface area contributed by atoms with Gasteiger partial charge in [-0.15, -0.1) is 0 Å². The molecule has 7 heteroatoms. The van der Waals surface area contributed by atoms with Gasteiger partial charge in [-0.3, -0.25) is 9.36 Å². The van der Waals surface area contributed by atoms with E-state index in [2.05, 4.69) is 15.3 Å². The van der Waals surface area contributed by atoms with E-state index in [1.165, 1.54) is 24.0 Å². The molecule has 0 bridgehead atoms. The summed E-state index contributed by atoms with van der Waals surface area (Å²) < 4.78 is 1.90. The molecular weight excluding hydrogens is 312 g/mol. The second kappa shape index (κ2) is 6.53. The molecule has 0 spiro atoms. The Bertz CT molecular complexity index is 847. The standard InChI is InChI=1S/C16H14N4O2S/c1-23-16-18-8-9-20(16)12-5-2-4-11(10-12)15(22)19-14-13(21)6-3-7-17-14/h2-10,21H,1H3,(H,17,19,22). The van der Waals surface area contributed by atoms with E-state index in [-0.39, 0.29) is 17.5 Å². The van der Waals surface area contributed by atoms with E-state index in [1.54, 1.807) is 30.5 Å². The number of hydrogen-bond acceptors (Lipinski definition) is 5. The van der Waals surface area contributed by atoms with Gasteiger partial charge in [-0.25, -0.2) is 9.97 Å². The molecule has 0 radical (unpaired) electrons. The average molecular weight is 326 g/mol. The van der Waals surface area contributed by atoms with E-state index in [1.807, 2.05) is 23.1 Å². The highest BCUT2D eigenvalue weighted by molar-refractivity contribution is 7.98. The first-order chi connectivity index (χ1) is 11.2. The molecule has 0 saturated heterocycles. The molecule has 23 heavy (non-hydrogen) atoms. The summed E-state index contributed by atoms with van der Waals surface area (Å²) in [6.07, 6.45) is 7.00. The van der Waals surface area contributed by atoms with Crippen molar-refractivity contribution >= 4 is 23.5 Å². The van der Waals surface area contributed by atoms with E-state index in [9.17, 15) is 9.90 Å². The molecule has 3 rings (SSSR count). The van der Waals surface area contributed by atoms with Crippen LogP contribution >= 0.6 is 11.8 Å². The third kappa shape index (κ3) is 3.19. The largest absolute Gasteiger partial charge is 0.504 e. The number of nitrogens with zero attached hydrogens (tertiary/aromatic N) is 3. The average Bonchev–Trinajstić information content (AvgIpc) is 3.06. The molecule has 0 fully saturated rings. The fourth-order valence-corrected chi connectivity index (χ4v) is 2.64. The molecule has 2 N–H and O–H groups in total. The number of anilines is 1. The van der Waals surface area contributed by atoms with Crippen molar-refractivity contribution in [3.8, 4) is 11.4 Å². The van der Waals surface area contributed by atoms with E-state index in [0.717, 1.165) is 10.8 Å². The molecule has 3 aromatic rings. The first-order valence-electron chi connectivity index (χ1n) is 6.82. The molecule has 6 nitrogen and oxygen atoms in total. The number of imidazole rings is 1. The molecule has 1 aromatic carbocycles. The van der Waals surface area contributed by atoms with Crippen LogP contribution in [0.4, 0.5) is 5.82 Å². The van der Waals surface area contributed by atoms with Crippen LogP contribution in [0.15, 0.2) is 60.1 Å². The fraction of sp³-hybridized carbons (Fsp3) is 0.0625. The maximum atomic E-state index is 12.4. The van der Waals surface area contributed by atoms with Gasteiger partial charge in [0.1, 0.15) is 0 Å². The molecule has 2 heterocycles. The van der Waals surface area contributed by atoms with Crippen LogP contribution in [0, 0.1) is 0 Å². The Labute approximate surface area is 137 Å². The zero-order valence-corrected chi connectivity index (χ0v) is 13.1. The van der Waals surface area contributed by atoms with Gasteiger partial charge in [-0.1, -0.05) is 17.8 Å². The minimum Gasteiger partial charge on any atom is -0.504 e. The third-order valence-electron chi connectivity index (χ3n) is 3.19. The van der Waals surface area contributed by atoms with Gasteiger partial charge in [0.2, 0.25) is 0 Å². The summed E-state index contributed by atoms with van der Waals surface area (Å²) in [5.74, 6) is -0.279. The van der Waals surface area contributed by atoms with Crippen LogP contribution < -0.4 is 5.32 Å². The number of amides is 1. The lowest BCUT2D eigenvalue weighted by Crippen LogP contribution is -2.13. The molecule has 1 amide bonds. The van der Waals surface area contributed by atoms with E-state index in [0.29, 0.717) is 5.56 Å². The number of aromatic hydroxyl groups is 1. The molecular formula is C16H14N4O2S. The third-order valence-corrected chi connectivity index (χ3v) is 3.86. The second-order valence-corrected chi connectivity index (χ2v) is 5.43. The molecule has 0 atom stereocenters. The highest BCUT2D eigenvalue weighted by Crippen LogP contribution is 2.21. The van der Waals surface area contributed by atoms with Gasteiger partial charge in [0.25, 0.3) is 5.91 Å². The SMILES string of the molecule is CSc1nccn1-c1cccc(C(=O)Nc2ncccc2O)c1. The van der Waals surface area contributed by atoms with Crippen LogP contribution in [-0.2, 0) is 0 Å². The normalized spacial score (nSPS) is 10.5. The topological polar surface area (TPSA) is 80.0 Å². The van der Waals surface area contributed by atoms with E-state index < -0.39 is 0 Å². The molecule has 0 aliphatic rings. The zero-order valence-electron chi connectivity index (χ0n) is 12.3. The summed E-state index contributed by atoms with van der Waals surface area (Å²) in [6, 6.07) is 10.2. The lowest BCUT2D eigenvalue weighted by Gasteiger charge is -2.09. The van der Waals surface area contributed by atoms with Crippen LogP contribution in [0.1, 0.15) is 10.4 Å². The van der Waals surface area contributed by atoms with Gasteiger partial charge >= 0.3 is 0 Å². The minimum absolute atomic E-state index is 0.0729. The predicted molar refractivity (Wildman–Crippen MR) is 89.2 cm³/mol. The van der Waals surface area contributed by atoms with Gasteiger partial charge in [-0.2, -0.15) is 0 Å². The smallest absolute Gasteiger partial charge is 0.256 e. The molecule has 2 aromatic heterocycles. The zero-order chi connectivity index (χ0) is 16.2. The Kier molecular flexibility index (Phi) is 4.29. The Hall–Kier alpha value is -2.80. The number of carbonyl (C=O) groups is 1. The number of nitrogens with one attached hydrogen (secondary N) is 1. The van der Waals surface area contributed by atoms with Crippen molar-refractivity contribution < 1.29 is 9.90 Å². The Morgan fingerprint density at radius 1 is 1.22 bits per heavy atom. The molecule has 0 saturated carbocycles. The van der Waals surface area contributed by atoms with Crippen LogP contribution in [0.2, 0.25) is 0 Å². The summed E-state index contributed by atoms with van der Waals surface area (Å²) in [5.41, 5.74) is 1.30. The Morgan fingerprint density at radius 3 is 2.87 bits per heavy atom. The van der Waals surface area contributed by atoms with E-state index in [4.69, 9.17) is 0 Å². The number of pyridine rings is 1. The van der Waals surface area contributed by atoms with Gasteiger partial charge < -0.3 is 10.4 Å². The first-order valence-corrected chi connectivity index (χ1v) is 8.04. The van der Waals surface area contributed by atoms with Crippen LogP contribution in [0.3, 0.4) is 0 Å². The molecule has 0 unspecified atom stereocenters. The maximum absolute atomic E-state index is 12.4. The highest BCUT2D eigenvalue weighted by atomic mass is 32.2. The van der Waals surface area contributed by atoms with Crippen molar-refractivity contribution in [1.29, 1.82) is 0 Å². The Morgan fingerprint density at radius 2 is 2.09 bits per heavy atom. The Balaban J connectivity index is 1.88. The van der Waals surface area contributed by atoms with Gasteiger partial charge in [0, 0.05) is 29.8 Å². The van der Waals surface area contributed by atoms with Crippen molar-refractivity contribution in [2.75, 3.05) is 11.6 Å². The highest BCUT2D eigenvalue weighted by Gasteiger charge is 2.11. The second-order valence-electron chi connectivity index (χ2n) is 4.66. The number of aromatic nitrogens is 3. The number of hydrogen-bond donors (Lipinski definition) is 2. The number of carbonyl (C=O) groups excluding carboxylic acids is 1. The summed E-state index contributed by atoms with van der Waals surface area (Å²) in [4.78, 5) is 20.5. The summed E-state index contributed by atoms with van der Waals surface area (Å²) in [5, 5.41) is 13.1. The summed E-state index contributed by atoms with van der Waals surface area (Å²) >= 11 is 1.52. The number of thioether (sulfide) groups is 1. The van der Waals surface area contributed by atoms with Crippen molar-refractivity contribution in [3.63, 3.8) is 0 Å². The van der Waals surface area contributed by atoms with Crippen molar-refractivity contribution in [1.82, 2.24) is 14.5 Å². The number of benzene rings is 1. The summed E-state index contributed by atoms with van der Waals surface area (Å²) in [7, 11) is 0. The van der Waals surface area contributed by atoms with Gasteiger partial charge in [-0.05, 0) is 36.6 Å². The molecule has 0 aliphatic carbocycles. The lowest BCUT2D eigenvalue weighted by atomic mass is 10.2. The lowest BCUT2D eigenvalue weighted by molar-refractivity contribution is 0.102. The van der Waals surface area contributed by atoms with Crippen molar-refractivity contribution in [2.24, 2.45) is 0 Å². The fourth-order valence-electron chi connectivity index (χ4n) is 2.11. The summed E-state index contributed by atoms with van der Waals surface area (Å²) in [6.45, 7) is 0. The maximum Gasteiger partial charge on any atom is 0.256 e. The van der Waals surface area contributed by atoms with E-state index >= 15 is 0 Å². The predicted octanol–water partition coefficient (Wildman–Crippen LogP) is 2.95. The van der Waals surface area contributed by atoms with Gasteiger partial charge in [0.05, 0.1) is 0 Å². The monoisotopic (exact) mass is 326 g/mol. The quantitative estimate of drug-likeness (QED) is 0.721.